The van der Waals surface area contributed by atoms with Crippen LogP contribution >= 0.6 is 0 Å². The summed E-state index contributed by atoms with van der Waals surface area (Å²) < 4.78 is 2.33. The number of likely N-dealkylation sites (tertiary alicyclic amines) is 1. The summed E-state index contributed by atoms with van der Waals surface area (Å²) in [7, 11) is 2.97. The van der Waals surface area contributed by atoms with E-state index >= 15 is 0 Å². The van der Waals surface area contributed by atoms with Gasteiger partial charge in [-0.3, -0.25) is 13.9 Å². The fourth-order valence-electron chi connectivity index (χ4n) is 3.57. The van der Waals surface area contributed by atoms with Crippen molar-refractivity contribution in [3.63, 3.8) is 0 Å². The molecule has 0 aliphatic carbocycles. The normalized spacial score (nSPS) is 16.2. The summed E-state index contributed by atoms with van der Waals surface area (Å²) in [6.07, 6.45) is 2.30. The van der Waals surface area contributed by atoms with Crippen molar-refractivity contribution in [1.82, 2.24) is 19.0 Å². The second kappa shape index (κ2) is 7.42. The Labute approximate surface area is 166 Å². The van der Waals surface area contributed by atoms with Crippen molar-refractivity contribution in [3.05, 3.63) is 63.4 Å². The summed E-state index contributed by atoms with van der Waals surface area (Å²) in [4.78, 5) is 43.0. The first-order chi connectivity index (χ1) is 13.9. The van der Waals surface area contributed by atoms with Gasteiger partial charge >= 0.3 is 11.7 Å². The van der Waals surface area contributed by atoms with E-state index in [2.05, 4.69) is 15.6 Å². The molecule has 3 heterocycles. The van der Waals surface area contributed by atoms with Gasteiger partial charge in [-0.15, -0.1) is 0 Å². The number of urea groups is 1. The van der Waals surface area contributed by atoms with Crippen molar-refractivity contribution in [2.45, 2.75) is 12.5 Å². The van der Waals surface area contributed by atoms with Crippen LogP contribution < -0.4 is 21.9 Å². The SMILES string of the molecule is Cn1c(=O)c2cc(NC(=O)N3CCC(Nc4ccccc4)C3)cnc2n(C)c1=O. The van der Waals surface area contributed by atoms with E-state index in [1.165, 1.54) is 17.8 Å². The third-order valence-corrected chi connectivity index (χ3v) is 5.16. The minimum Gasteiger partial charge on any atom is -0.380 e. The van der Waals surface area contributed by atoms with Crippen LogP contribution in [-0.2, 0) is 14.1 Å². The highest BCUT2D eigenvalue weighted by Gasteiger charge is 2.26. The quantitative estimate of drug-likeness (QED) is 0.698. The number of nitrogens with zero attached hydrogens (tertiary/aromatic N) is 4. The highest BCUT2D eigenvalue weighted by Crippen LogP contribution is 2.18. The molecule has 0 saturated carbocycles. The number of hydrogen-bond acceptors (Lipinski definition) is 5. The number of amides is 2. The maximum Gasteiger partial charge on any atom is 0.332 e. The van der Waals surface area contributed by atoms with E-state index in [1.807, 2.05) is 30.3 Å². The summed E-state index contributed by atoms with van der Waals surface area (Å²) in [6, 6.07) is 11.4. The number of nitrogens with one attached hydrogen (secondary N) is 2. The first kappa shape index (κ1) is 18.7. The maximum absolute atomic E-state index is 12.6. The minimum absolute atomic E-state index is 0.180. The third-order valence-electron chi connectivity index (χ3n) is 5.16. The molecule has 1 aliphatic rings. The van der Waals surface area contributed by atoms with Crippen LogP contribution in [-0.4, -0.2) is 44.2 Å². The lowest BCUT2D eigenvalue weighted by Gasteiger charge is -2.18. The number of carbonyl (C=O) groups is 1. The summed E-state index contributed by atoms with van der Waals surface area (Å²) >= 11 is 0. The zero-order valence-electron chi connectivity index (χ0n) is 16.3. The number of fused-ring (bicyclic) bond motifs is 1. The largest absolute Gasteiger partial charge is 0.380 e. The van der Waals surface area contributed by atoms with Gasteiger partial charge < -0.3 is 15.5 Å². The Morgan fingerprint density at radius 1 is 1.10 bits per heavy atom. The molecule has 0 bridgehead atoms. The van der Waals surface area contributed by atoms with Crippen LogP contribution in [0.15, 0.2) is 52.2 Å². The Morgan fingerprint density at radius 3 is 2.62 bits per heavy atom. The van der Waals surface area contributed by atoms with Gasteiger partial charge in [-0.2, -0.15) is 0 Å². The molecule has 150 valence electrons. The van der Waals surface area contributed by atoms with Crippen molar-refractivity contribution in [2.24, 2.45) is 14.1 Å². The number of pyridine rings is 1. The Bertz CT molecular complexity index is 1180. The molecule has 1 unspecified atom stereocenters. The smallest absolute Gasteiger partial charge is 0.332 e. The molecule has 1 aliphatic heterocycles. The molecule has 0 spiro atoms. The summed E-state index contributed by atoms with van der Waals surface area (Å²) in [5.41, 5.74) is 0.836. The van der Waals surface area contributed by atoms with Crippen LogP contribution in [0.1, 0.15) is 6.42 Å². The highest BCUT2D eigenvalue weighted by molar-refractivity contribution is 5.91. The Hall–Kier alpha value is -3.62. The molecule has 2 N–H and O–H groups in total. The zero-order chi connectivity index (χ0) is 20.5. The molecule has 1 fully saturated rings. The fraction of sp³-hybridized carbons (Fsp3) is 0.300. The van der Waals surface area contributed by atoms with E-state index in [0.717, 1.165) is 16.7 Å². The van der Waals surface area contributed by atoms with Crippen LogP contribution in [0.3, 0.4) is 0 Å². The molecule has 29 heavy (non-hydrogen) atoms. The highest BCUT2D eigenvalue weighted by atomic mass is 16.2. The van der Waals surface area contributed by atoms with Crippen molar-refractivity contribution in [3.8, 4) is 0 Å². The number of hydrogen-bond donors (Lipinski definition) is 2. The van der Waals surface area contributed by atoms with Crippen molar-refractivity contribution < 1.29 is 4.79 Å². The molecule has 1 saturated heterocycles. The predicted molar refractivity (Wildman–Crippen MR) is 111 cm³/mol. The van der Waals surface area contributed by atoms with E-state index in [1.54, 1.807) is 18.0 Å². The number of aromatic nitrogens is 3. The molecule has 9 nitrogen and oxygen atoms in total. The van der Waals surface area contributed by atoms with Gasteiger partial charge in [0.05, 0.1) is 17.3 Å². The number of anilines is 2. The van der Waals surface area contributed by atoms with Crippen LogP contribution in [0.25, 0.3) is 11.0 Å². The molecule has 9 heteroatoms. The first-order valence-electron chi connectivity index (χ1n) is 9.37. The van der Waals surface area contributed by atoms with Gasteiger partial charge in [-0.05, 0) is 24.6 Å². The second-order valence-corrected chi connectivity index (χ2v) is 7.17. The lowest BCUT2D eigenvalue weighted by molar-refractivity contribution is 0.222. The Balaban J connectivity index is 1.48. The van der Waals surface area contributed by atoms with Gasteiger partial charge in [-0.1, -0.05) is 18.2 Å². The summed E-state index contributed by atoms with van der Waals surface area (Å²) in [5.74, 6) is 0. The standard InChI is InChI=1S/C20H22N6O3/c1-24-17-16(18(27)25(2)20(24)29)10-15(11-21-17)23-19(28)26-9-8-14(12-26)22-13-6-4-3-5-7-13/h3-7,10-11,14,22H,8-9,12H2,1-2H3,(H,23,28). The van der Waals surface area contributed by atoms with E-state index in [9.17, 15) is 14.4 Å². The van der Waals surface area contributed by atoms with Crippen LogP contribution in [0.5, 0.6) is 0 Å². The molecule has 0 radical (unpaired) electrons. The monoisotopic (exact) mass is 394 g/mol. The zero-order valence-corrected chi connectivity index (χ0v) is 16.3. The molecule has 1 aromatic carbocycles. The first-order valence-corrected chi connectivity index (χ1v) is 9.37. The predicted octanol–water partition coefficient (Wildman–Crippen LogP) is 1.35. The minimum atomic E-state index is -0.444. The lowest BCUT2D eigenvalue weighted by Crippen LogP contribution is -2.37. The van der Waals surface area contributed by atoms with Crippen LogP contribution in [0.4, 0.5) is 16.2 Å². The average Bonchev–Trinajstić information content (AvgIpc) is 3.20. The lowest BCUT2D eigenvalue weighted by atomic mass is 10.2. The van der Waals surface area contributed by atoms with Crippen molar-refractivity contribution in [2.75, 3.05) is 23.7 Å². The topological polar surface area (TPSA) is 101 Å². The molecule has 2 aromatic heterocycles. The van der Waals surface area contributed by atoms with Gasteiger partial charge in [0.15, 0.2) is 0 Å². The van der Waals surface area contributed by atoms with E-state index in [-0.39, 0.29) is 23.1 Å². The maximum atomic E-state index is 12.6. The van der Waals surface area contributed by atoms with E-state index in [0.29, 0.717) is 18.8 Å². The van der Waals surface area contributed by atoms with Crippen molar-refractivity contribution >= 4 is 28.4 Å². The molecule has 4 rings (SSSR count). The van der Waals surface area contributed by atoms with Gasteiger partial charge in [0.25, 0.3) is 5.56 Å². The van der Waals surface area contributed by atoms with E-state index in [4.69, 9.17) is 0 Å². The number of aryl methyl sites for hydroxylation is 1. The van der Waals surface area contributed by atoms with Crippen LogP contribution in [0.2, 0.25) is 0 Å². The van der Waals surface area contributed by atoms with Crippen molar-refractivity contribution in [1.29, 1.82) is 0 Å². The van der Waals surface area contributed by atoms with Gasteiger partial charge in [-0.25, -0.2) is 14.6 Å². The number of carbonyl (C=O) groups excluding carboxylic acids is 1. The number of rotatable bonds is 3. The van der Waals surface area contributed by atoms with E-state index < -0.39 is 11.2 Å². The Morgan fingerprint density at radius 2 is 1.86 bits per heavy atom. The third kappa shape index (κ3) is 3.58. The summed E-state index contributed by atoms with van der Waals surface area (Å²) in [6.45, 7) is 1.21. The van der Waals surface area contributed by atoms with Crippen LogP contribution in [0, 0.1) is 0 Å². The fourth-order valence-corrected chi connectivity index (χ4v) is 3.57. The van der Waals surface area contributed by atoms with Gasteiger partial charge in [0, 0.05) is 38.9 Å². The molecule has 1 atom stereocenters. The number of para-hydroxylation sites is 1. The molecular weight excluding hydrogens is 372 g/mol. The molecular formula is C20H22N6O3. The summed E-state index contributed by atoms with van der Waals surface area (Å²) in [5, 5.41) is 6.51. The number of benzene rings is 1. The Kier molecular flexibility index (Phi) is 4.79. The molecule has 2 amide bonds. The van der Waals surface area contributed by atoms with Gasteiger partial charge in [0.2, 0.25) is 0 Å². The second-order valence-electron chi connectivity index (χ2n) is 7.17. The average molecular weight is 394 g/mol. The molecule has 3 aromatic rings. The van der Waals surface area contributed by atoms with Gasteiger partial charge in [0.1, 0.15) is 5.65 Å².